The number of aryl methyl sites for hydroxylation is 1. The average Bonchev–Trinajstić information content (AvgIpc) is 3.40. The first-order valence-electron chi connectivity index (χ1n) is 12.4. The number of morpholine rings is 1. The van der Waals surface area contributed by atoms with Crippen molar-refractivity contribution in [1.29, 1.82) is 0 Å². The fourth-order valence-electron chi connectivity index (χ4n) is 5.39. The third kappa shape index (κ3) is 4.10. The molecule has 1 fully saturated rings. The van der Waals surface area contributed by atoms with E-state index in [1.165, 1.54) is 17.5 Å². The molecule has 1 saturated heterocycles. The van der Waals surface area contributed by atoms with Gasteiger partial charge in [0.1, 0.15) is 11.5 Å². The number of fused-ring (bicyclic) bond motifs is 2. The lowest BCUT2D eigenvalue weighted by molar-refractivity contribution is -0.110. The molecule has 34 heavy (non-hydrogen) atoms. The van der Waals surface area contributed by atoms with Gasteiger partial charge >= 0.3 is 0 Å². The molecule has 2 aliphatic heterocycles. The smallest absolute Gasteiger partial charge is 0.256 e. The van der Waals surface area contributed by atoms with Crippen LogP contribution in [0.25, 0.3) is 22.8 Å². The Labute approximate surface area is 200 Å². The van der Waals surface area contributed by atoms with Crippen LogP contribution >= 0.6 is 0 Å². The largest absolute Gasteiger partial charge is 0.461 e. The Bertz CT molecular complexity index is 1240. The van der Waals surface area contributed by atoms with Gasteiger partial charge in [0.25, 0.3) is 5.91 Å². The molecule has 5 nitrogen and oxygen atoms in total. The van der Waals surface area contributed by atoms with E-state index in [2.05, 4.69) is 46.6 Å². The molecule has 1 aliphatic carbocycles. The highest BCUT2D eigenvalue weighted by Gasteiger charge is 2.28. The second-order valence-electron chi connectivity index (χ2n) is 9.41. The van der Waals surface area contributed by atoms with Gasteiger partial charge in [-0.25, -0.2) is 0 Å². The van der Waals surface area contributed by atoms with Crippen molar-refractivity contribution < 1.29 is 13.9 Å². The number of ether oxygens (including phenoxy) is 1. The van der Waals surface area contributed by atoms with E-state index in [-0.39, 0.29) is 5.91 Å². The molecule has 174 valence electrons. The van der Waals surface area contributed by atoms with E-state index in [0.29, 0.717) is 5.57 Å². The molecule has 3 aromatic rings. The fraction of sp³-hybridized carbons (Fsp3) is 0.345. The van der Waals surface area contributed by atoms with Crippen LogP contribution in [0, 0.1) is 0 Å². The number of amides is 1. The molecule has 5 heteroatoms. The van der Waals surface area contributed by atoms with E-state index in [9.17, 15) is 4.79 Å². The summed E-state index contributed by atoms with van der Waals surface area (Å²) in [6.07, 6.45) is 7.25. The Balaban J connectivity index is 1.35. The van der Waals surface area contributed by atoms with Crippen molar-refractivity contribution in [3.8, 4) is 11.1 Å². The summed E-state index contributed by atoms with van der Waals surface area (Å²) in [5, 5.41) is 3.05. The third-order valence-electron chi connectivity index (χ3n) is 7.22. The van der Waals surface area contributed by atoms with Gasteiger partial charge in [0.05, 0.1) is 18.8 Å². The first-order valence-corrected chi connectivity index (χ1v) is 12.4. The van der Waals surface area contributed by atoms with Crippen molar-refractivity contribution in [1.82, 2.24) is 4.90 Å². The van der Waals surface area contributed by atoms with Crippen molar-refractivity contribution in [2.45, 2.75) is 32.1 Å². The summed E-state index contributed by atoms with van der Waals surface area (Å²) in [4.78, 5) is 15.4. The van der Waals surface area contributed by atoms with Gasteiger partial charge in [-0.15, -0.1) is 0 Å². The zero-order valence-corrected chi connectivity index (χ0v) is 19.4. The van der Waals surface area contributed by atoms with E-state index in [4.69, 9.17) is 9.15 Å². The van der Waals surface area contributed by atoms with Gasteiger partial charge in [-0.05, 0) is 55.0 Å². The number of nitrogens with one attached hydrogen (secondary N) is 1. The summed E-state index contributed by atoms with van der Waals surface area (Å²) in [6.45, 7) is 4.60. The number of furan rings is 1. The van der Waals surface area contributed by atoms with E-state index >= 15 is 0 Å². The monoisotopic (exact) mass is 454 g/mol. The molecule has 0 atom stereocenters. The third-order valence-corrected chi connectivity index (χ3v) is 7.22. The number of carbonyl (C=O) groups excluding carboxylic acids is 1. The minimum Gasteiger partial charge on any atom is -0.461 e. The molecule has 1 amide bonds. The van der Waals surface area contributed by atoms with Crippen LogP contribution in [0.3, 0.4) is 0 Å². The first kappa shape index (κ1) is 21.4. The molecule has 3 heterocycles. The number of benzene rings is 2. The molecule has 0 bridgehead atoms. The quantitative estimate of drug-likeness (QED) is 0.539. The highest BCUT2D eigenvalue weighted by atomic mass is 16.5. The zero-order valence-electron chi connectivity index (χ0n) is 19.4. The van der Waals surface area contributed by atoms with Gasteiger partial charge in [-0.2, -0.15) is 0 Å². The molecule has 3 aliphatic rings. The molecule has 1 aromatic heterocycles. The van der Waals surface area contributed by atoms with Crippen LogP contribution in [-0.2, 0) is 28.8 Å². The SMILES string of the molecule is O=C1Nc2ccc(CCN3CCOCC3)cc2C1=Cc1oc2c(c1-c1ccccc1)CCCC2. The highest BCUT2D eigenvalue weighted by molar-refractivity contribution is 6.35. The lowest BCUT2D eigenvalue weighted by Gasteiger charge is -2.26. The second-order valence-corrected chi connectivity index (χ2v) is 9.41. The fourth-order valence-corrected chi connectivity index (χ4v) is 5.39. The predicted molar refractivity (Wildman–Crippen MR) is 135 cm³/mol. The molecule has 0 radical (unpaired) electrons. The summed E-state index contributed by atoms with van der Waals surface area (Å²) in [7, 11) is 0. The number of rotatable bonds is 5. The Morgan fingerprint density at radius 2 is 1.82 bits per heavy atom. The van der Waals surface area contributed by atoms with Crippen molar-refractivity contribution in [3.63, 3.8) is 0 Å². The van der Waals surface area contributed by atoms with Crippen molar-refractivity contribution >= 4 is 23.2 Å². The summed E-state index contributed by atoms with van der Waals surface area (Å²) < 4.78 is 11.9. The number of hydrogen-bond donors (Lipinski definition) is 1. The minimum absolute atomic E-state index is 0.0614. The lowest BCUT2D eigenvalue weighted by atomic mass is 9.91. The van der Waals surface area contributed by atoms with E-state index in [1.54, 1.807) is 0 Å². The Morgan fingerprint density at radius 1 is 1.00 bits per heavy atom. The summed E-state index contributed by atoms with van der Waals surface area (Å²) in [5.41, 5.74) is 7.39. The van der Waals surface area contributed by atoms with Crippen molar-refractivity contribution in [2.24, 2.45) is 0 Å². The Morgan fingerprint density at radius 3 is 2.68 bits per heavy atom. The normalized spacial score (nSPS) is 19.2. The molecular weight excluding hydrogens is 424 g/mol. The van der Waals surface area contributed by atoms with Gasteiger partial charge in [0, 0.05) is 48.4 Å². The summed E-state index contributed by atoms with van der Waals surface area (Å²) in [5.74, 6) is 1.82. The predicted octanol–water partition coefficient (Wildman–Crippen LogP) is 5.19. The zero-order chi connectivity index (χ0) is 22.9. The van der Waals surface area contributed by atoms with Crippen LogP contribution in [0.4, 0.5) is 5.69 Å². The summed E-state index contributed by atoms with van der Waals surface area (Å²) in [6, 6.07) is 16.8. The van der Waals surface area contributed by atoms with E-state index < -0.39 is 0 Å². The van der Waals surface area contributed by atoms with E-state index in [1.807, 2.05) is 18.2 Å². The van der Waals surface area contributed by atoms with E-state index in [0.717, 1.165) is 92.4 Å². The molecule has 0 spiro atoms. The Kier molecular flexibility index (Phi) is 5.81. The van der Waals surface area contributed by atoms with Crippen LogP contribution < -0.4 is 5.32 Å². The van der Waals surface area contributed by atoms with Crippen LogP contribution in [0.2, 0.25) is 0 Å². The van der Waals surface area contributed by atoms with Gasteiger partial charge in [-0.1, -0.05) is 36.4 Å². The van der Waals surface area contributed by atoms with Crippen molar-refractivity contribution in [2.75, 3.05) is 38.2 Å². The number of hydrogen-bond acceptors (Lipinski definition) is 4. The van der Waals surface area contributed by atoms with Crippen LogP contribution in [0.1, 0.15) is 41.1 Å². The highest BCUT2D eigenvalue weighted by Crippen LogP contribution is 2.41. The minimum atomic E-state index is -0.0614. The standard InChI is InChI=1S/C29H30N2O3/c32-29-24(23-18-20(10-11-25(23)30-29)12-13-31-14-16-33-17-15-31)19-27-28(21-6-2-1-3-7-21)22-8-4-5-9-26(22)34-27/h1-3,6-7,10-11,18-19H,4-5,8-9,12-17H2,(H,30,32). The number of anilines is 1. The molecule has 0 unspecified atom stereocenters. The Hall–Kier alpha value is -3.15. The average molecular weight is 455 g/mol. The first-order chi connectivity index (χ1) is 16.8. The van der Waals surface area contributed by atoms with Crippen molar-refractivity contribution in [3.05, 3.63) is 76.7 Å². The van der Waals surface area contributed by atoms with Gasteiger partial charge in [0.2, 0.25) is 0 Å². The lowest BCUT2D eigenvalue weighted by Crippen LogP contribution is -2.37. The maximum atomic E-state index is 13.0. The number of carbonyl (C=O) groups is 1. The molecule has 0 saturated carbocycles. The van der Waals surface area contributed by atoms with Gasteiger partial charge in [0.15, 0.2) is 0 Å². The second kappa shape index (κ2) is 9.24. The summed E-state index contributed by atoms with van der Waals surface area (Å²) >= 11 is 0. The molecular formula is C29H30N2O3. The maximum absolute atomic E-state index is 13.0. The van der Waals surface area contributed by atoms with Crippen LogP contribution in [0.15, 0.2) is 52.9 Å². The van der Waals surface area contributed by atoms with Crippen LogP contribution in [0.5, 0.6) is 0 Å². The molecule has 6 rings (SSSR count). The topological polar surface area (TPSA) is 54.7 Å². The molecule has 2 aromatic carbocycles. The van der Waals surface area contributed by atoms with Gasteiger partial charge < -0.3 is 14.5 Å². The molecule has 1 N–H and O–H groups in total. The van der Waals surface area contributed by atoms with Gasteiger partial charge in [-0.3, -0.25) is 9.69 Å². The maximum Gasteiger partial charge on any atom is 0.256 e. The number of nitrogens with zero attached hydrogens (tertiary/aromatic N) is 1. The van der Waals surface area contributed by atoms with Crippen LogP contribution in [-0.4, -0.2) is 43.7 Å².